The summed E-state index contributed by atoms with van der Waals surface area (Å²) >= 11 is 3.60. The number of nitrogens with zero attached hydrogens (tertiary/aromatic N) is 1. The van der Waals surface area contributed by atoms with Crippen LogP contribution in [-0.2, 0) is 12.8 Å². The summed E-state index contributed by atoms with van der Waals surface area (Å²) < 4.78 is 1.22. The first-order valence-corrected chi connectivity index (χ1v) is 9.30. The number of halogens is 1. The van der Waals surface area contributed by atoms with Crippen molar-refractivity contribution in [3.8, 4) is 0 Å². The molecule has 1 aliphatic heterocycles. The lowest BCUT2D eigenvalue weighted by molar-refractivity contribution is 0.160. The lowest BCUT2D eigenvalue weighted by Gasteiger charge is -2.38. The lowest BCUT2D eigenvalue weighted by atomic mass is 9.87. The van der Waals surface area contributed by atoms with Crippen LogP contribution in [0.5, 0.6) is 0 Å². The zero-order valence-electron chi connectivity index (χ0n) is 13.1. The zero-order chi connectivity index (χ0) is 14.7. The van der Waals surface area contributed by atoms with Crippen molar-refractivity contribution in [2.45, 2.75) is 57.5 Å². The molecular weight excluding hydrogens is 324 g/mol. The fourth-order valence-electron chi connectivity index (χ4n) is 3.92. The minimum atomic E-state index is 0.713. The third-order valence-corrected chi connectivity index (χ3v) is 5.65. The number of fused-ring (bicyclic) bond motifs is 1. The number of hydrogen-bond acceptors (Lipinski definition) is 2. The number of benzene rings is 1. The van der Waals surface area contributed by atoms with Gasteiger partial charge in [0, 0.05) is 23.1 Å². The van der Waals surface area contributed by atoms with Gasteiger partial charge in [-0.1, -0.05) is 35.3 Å². The molecule has 21 heavy (non-hydrogen) atoms. The Morgan fingerprint density at radius 2 is 2.14 bits per heavy atom. The third kappa shape index (κ3) is 3.88. The normalized spacial score (nSPS) is 25.9. The van der Waals surface area contributed by atoms with Crippen LogP contribution in [0.25, 0.3) is 0 Å². The van der Waals surface area contributed by atoms with Crippen LogP contribution in [0.4, 0.5) is 0 Å². The van der Waals surface area contributed by atoms with E-state index in [-0.39, 0.29) is 0 Å². The van der Waals surface area contributed by atoms with Gasteiger partial charge in [0.2, 0.25) is 0 Å². The molecule has 0 amide bonds. The minimum absolute atomic E-state index is 0.713. The van der Waals surface area contributed by atoms with E-state index in [1.54, 1.807) is 11.1 Å². The molecule has 1 aromatic carbocycles. The quantitative estimate of drug-likeness (QED) is 0.888. The number of hydrogen-bond donors (Lipinski definition) is 1. The van der Waals surface area contributed by atoms with Crippen LogP contribution < -0.4 is 5.32 Å². The Balaban J connectivity index is 1.63. The predicted octanol–water partition coefficient (Wildman–Crippen LogP) is 3.77. The molecule has 1 aliphatic carbocycles. The van der Waals surface area contributed by atoms with Crippen molar-refractivity contribution in [3.63, 3.8) is 0 Å². The van der Waals surface area contributed by atoms with Crippen LogP contribution in [0, 0.1) is 0 Å². The van der Waals surface area contributed by atoms with Crippen LogP contribution in [0.2, 0.25) is 0 Å². The third-order valence-electron chi connectivity index (χ3n) is 5.16. The van der Waals surface area contributed by atoms with Gasteiger partial charge in [-0.25, -0.2) is 0 Å². The molecule has 0 spiro atoms. The Bertz CT molecular complexity index is 468. The van der Waals surface area contributed by atoms with Crippen LogP contribution in [0.15, 0.2) is 22.7 Å². The van der Waals surface area contributed by atoms with E-state index in [9.17, 15) is 0 Å². The smallest absolute Gasteiger partial charge is 0.0195 e. The predicted molar refractivity (Wildman–Crippen MR) is 92.8 cm³/mol. The van der Waals surface area contributed by atoms with Crippen LogP contribution >= 0.6 is 15.9 Å². The van der Waals surface area contributed by atoms with Crippen molar-refractivity contribution in [3.05, 3.63) is 33.8 Å². The fourth-order valence-corrected chi connectivity index (χ4v) is 4.32. The summed E-state index contributed by atoms with van der Waals surface area (Å²) in [6, 6.07) is 8.26. The van der Waals surface area contributed by atoms with Gasteiger partial charge < -0.3 is 5.32 Å². The van der Waals surface area contributed by atoms with Crippen molar-refractivity contribution >= 4 is 15.9 Å². The van der Waals surface area contributed by atoms with Crippen molar-refractivity contribution in [2.24, 2.45) is 0 Å². The van der Waals surface area contributed by atoms with E-state index in [1.807, 2.05) is 0 Å². The zero-order valence-corrected chi connectivity index (χ0v) is 14.7. The first-order chi connectivity index (χ1) is 10.3. The van der Waals surface area contributed by atoms with Crippen molar-refractivity contribution in [1.82, 2.24) is 10.2 Å². The molecule has 1 saturated heterocycles. The van der Waals surface area contributed by atoms with E-state index in [2.05, 4.69) is 51.3 Å². The first kappa shape index (κ1) is 15.5. The largest absolute Gasteiger partial charge is 0.313 e. The highest BCUT2D eigenvalue weighted by Crippen LogP contribution is 2.27. The van der Waals surface area contributed by atoms with Gasteiger partial charge in [0.1, 0.15) is 0 Å². The van der Waals surface area contributed by atoms with E-state index in [0.717, 1.165) is 6.04 Å². The lowest BCUT2D eigenvalue weighted by Crippen LogP contribution is -2.48. The average molecular weight is 351 g/mol. The molecule has 3 heteroatoms. The highest BCUT2D eigenvalue weighted by Gasteiger charge is 2.25. The molecule has 0 radical (unpaired) electrons. The molecule has 3 rings (SSSR count). The molecule has 1 aromatic rings. The molecule has 2 aliphatic rings. The first-order valence-electron chi connectivity index (χ1n) is 8.51. The van der Waals surface area contributed by atoms with E-state index in [0.29, 0.717) is 6.04 Å². The molecule has 2 atom stereocenters. The summed E-state index contributed by atoms with van der Waals surface area (Å²) in [7, 11) is 0. The van der Waals surface area contributed by atoms with Crippen LogP contribution in [0.3, 0.4) is 0 Å². The summed E-state index contributed by atoms with van der Waals surface area (Å²) in [5.74, 6) is 0. The molecule has 1 heterocycles. The Morgan fingerprint density at radius 3 is 2.90 bits per heavy atom. The second kappa shape index (κ2) is 7.26. The number of piperidine rings is 1. The van der Waals surface area contributed by atoms with E-state index in [4.69, 9.17) is 0 Å². The standard InChI is InChI=1S/C18H27BrN2/c1-2-21(13-17-5-3-4-10-20-17)18-9-7-14-11-16(19)8-6-15(14)12-18/h6,8,11,17-18,20H,2-5,7,9-10,12-13H2,1H3. The highest BCUT2D eigenvalue weighted by atomic mass is 79.9. The molecule has 2 nitrogen and oxygen atoms in total. The van der Waals surface area contributed by atoms with Gasteiger partial charge in [-0.15, -0.1) is 0 Å². The topological polar surface area (TPSA) is 15.3 Å². The second-order valence-electron chi connectivity index (χ2n) is 6.54. The van der Waals surface area contributed by atoms with Gasteiger partial charge >= 0.3 is 0 Å². The molecule has 116 valence electrons. The SMILES string of the molecule is CCN(CC1CCCCN1)C1CCc2cc(Br)ccc2C1. The van der Waals surface area contributed by atoms with E-state index >= 15 is 0 Å². The Morgan fingerprint density at radius 1 is 1.24 bits per heavy atom. The summed E-state index contributed by atoms with van der Waals surface area (Å²) in [6.07, 6.45) is 7.87. The summed E-state index contributed by atoms with van der Waals surface area (Å²) in [5.41, 5.74) is 3.11. The number of nitrogens with one attached hydrogen (secondary N) is 1. The number of aryl methyl sites for hydroxylation is 1. The second-order valence-corrected chi connectivity index (χ2v) is 7.46. The van der Waals surface area contributed by atoms with Gasteiger partial charge in [-0.2, -0.15) is 0 Å². The number of rotatable bonds is 4. The van der Waals surface area contributed by atoms with Crippen molar-refractivity contribution in [1.29, 1.82) is 0 Å². The molecule has 1 fully saturated rings. The van der Waals surface area contributed by atoms with E-state index in [1.165, 1.54) is 62.6 Å². The van der Waals surface area contributed by atoms with Gasteiger partial charge in [-0.05, 0) is 68.5 Å². The maximum Gasteiger partial charge on any atom is 0.0195 e. The average Bonchev–Trinajstić information content (AvgIpc) is 2.53. The Kier molecular flexibility index (Phi) is 5.36. The van der Waals surface area contributed by atoms with Crippen LogP contribution in [-0.4, -0.2) is 36.6 Å². The molecule has 2 unspecified atom stereocenters. The molecule has 0 bridgehead atoms. The minimum Gasteiger partial charge on any atom is -0.313 e. The number of likely N-dealkylation sites (N-methyl/N-ethyl adjacent to an activating group) is 1. The maximum atomic E-state index is 3.70. The van der Waals surface area contributed by atoms with Gasteiger partial charge in [0.25, 0.3) is 0 Å². The summed E-state index contributed by atoms with van der Waals surface area (Å²) in [6.45, 7) is 5.94. The summed E-state index contributed by atoms with van der Waals surface area (Å²) in [5, 5.41) is 3.70. The van der Waals surface area contributed by atoms with Crippen LogP contribution in [0.1, 0.15) is 43.7 Å². The maximum absolute atomic E-state index is 3.70. The molecular formula is C18H27BrN2. The molecule has 1 N–H and O–H groups in total. The van der Waals surface area contributed by atoms with Crippen molar-refractivity contribution in [2.75, 3.05) is 19.6 Å². The highest BCUT2D eigenvalue weighted by molar-refractivity contribution is 9.10. The Labute approximate surface area is 137 Å². The fraction of sp³-hybridized carbons (Fsp3) is 0.667. The van der Waals surface area contributed by atoms with Crippen molar-refractivity contribution < 1.29 is 0 Å². The molecule has 0 aromatic heterocycles. The molecule has 0 saturated carbocycles. The van der Waals surface area contributed by atoms with Gasteiger partial charge in [0.05, 0.1) is 0 Å². The Hall–Kier alpha value is -0.380. The monoisotopic (exact) mass is 350 g/mol. The summed E-state index contributed by atoms with van der Waals surface area (Å²) in [4.78, 5) is 2.72. The van der Waals surface area contributed by atoms with Gasteiger partial charge in [0.15, 0.2) is 0 Å². The van der Waals surface area contributed by atoms with Gasteiger partial charge in [-0.3, -0.25) is 4.90 Å². The van der Waals surface area contributed by atoms with E-state index < -0.39 is 0 Å².